The van der Waals surface area contributed by atoms with Gasteiger partial charge in [-0.25, -0.2) is 0 Å². The molecule has 3 atom stereocenters. The van der Waals surface area contributed by atoms with Gasteiger partial charge in [-0.15, -0.1) is 6.42 Å². The maximum atomic E-state index is 12.3. The number of carbonyl (C=O) groups excluding carboxylic acids is 1. The van der Waals surface area contributed by atoms with Crippen LogP contribution < -0.4 is 0 Å². The van der Waals surface area contributed by atoms with Crippen LogP contribution in [0.3, 0.4) is 0 Å². The normalized spacial score (nSPS) is 25.4. The number of hydrogen-bond acceptors (Lipinski definition) is 2. The zero-order chi connectivity index (χ0) is 15.5. The molecular weight excluding hydrogens is 248 g/mol. The van der Waals surface area contributed by atoms with E-state index in [4.69, 9.17) is 11.2 Å². The molecule has 0 aromatic rings. The van der Waals surface area contributed by atoms with E-state index in [2.05, 4.69) is 39.7 Å². The molecule has 0 unspecified atom stereocenters. The smallest absolute Gasteiger partial charge is 0.311 e. The third-order valence-corrected chi connectivity index (χ3v) is 4.00. The van der Waals surface area contributed by atoms with E-state index in [9.17, 15) is 4.79 Å². The van der Waals surface area contributed by atoms with Crippen LogP contribution in [-0.4, -0.2) is 12.1 Å². The Labute approximate surface area is 123 Å². The average Bonchev–Trinajstić information content (AvgIpc) is 2.86. The summed E-state index contributed by atoms with van der Waals surface area (Å²) in [6.45, 7) is 12.2. The van der Waals surface area contributed by atoms with Gasteiger partial charge in [0.15, 0.2) is 6.10 Å². The highest BCUT2D eigenvalue weighted by Crippen LogP contribution is 2.59. The molecule has 0 aromatic heterocycles. The van der Waals surface area contributed by atoms with Crippen molar-refractivity contribution in [1.29, 1.82) is 0 Å². The SMILES string of the molecule is C#C[C@@H](OC(=O)[C@H]1[C@H](C=C(C)C)C1(C)C)/C(C)=C/CC. The molecule has 0 heterocycles. The van der Waals surface area contributed by atoms with Gasteiger partial charge in [0.1, 0.15) is 0 Å². The Balaban J connectivity index is 2.76. The second-order valence-electron chi connectivity index (χ2n) is 6.41. The molecule has 0 spiro atoms. The first-order valence-electron chi connectivity index (χ1n) is 7.24. The number of esters is 1. The first-order valence-corrected chi connectivity index (χ1v) is 7.24. The van der Waals surface area contributed by atoms with Crippen LogP contribution >= 0.6 is 0 Å². The number of carbonyl (C=O) groups is 1. The zero-order valence-corrected chi connectivity index (χ0v) is 13.5. The molecule has 2 nitrogen and oxygen atoms in total. The van der Waals surface area contributed by atoms with Crippen molar-refractivity contribution < 1.29 is 9.53 Å². The van der Waals surface area contributed by atoms with Crippen LogP contribution in [0.2, 0.25) is 0 Å². The molecule has 1 fully saturated rings. The van der Waals surface area contributed by atoms with Gasteiger partial charge < -0.3 is 4.74 Å². The molecule has 20 heavy (non-hydrogen) atoms. The molecule has 0 aliphatic heterocycles. The molecule has 1 saturated carbocycles. The lowest BCUT2D eigenvalue weighted by molar-refractivity contribution is -0.147. The molecule has 1 aliphatic rings. The lowest BCUT2D eigenvalue weighted by Crippen LogP contribution is -2.20. The lowest BCUT2D eigenvalue weighted by Gasteiger charge is -2.13. The van der Waals surface area contributed by atoms with E-state index in [0.29, 0.717) is 0 Å². The van der Waals surface area contributed by atoms with Crippen LogP contribution in [0.25, 0.3) is 0 Å². The third-order valence-electron chi connectivity index (χ3n) is 4.00. The second kappa shape index (κ2) is 6.31. The first-order chi connectivity index (χ1) is 9.25. The summed E-state index contributed by atoms with van der Waals surface area (Å²) in [6.07, 6.45) is 9.99. The Kier molecular flexibility index (Phi) is 5.22. The Morgan fingerprint density at radius 1 is 1.40 bits per heavy atom. The van der Waals surface area contributed by atoms with E-state index in [1.165, 1.54) is 5.57 Å². The van der Waals surface area contributed by atoms with Crippen LogP contribution in [0.5, 0.6) is 0 Å². The van der Waals surface area contributed by atoms with Gasteiger partial charge in [0.2, 0.25) is 0 Å². The van der Waals surface area contributed by atoms with Crippen LogP contribution in [-0.2, 0) is 9.53 Å². The van der Waals surface area contributed by atoms with Crippen molar-refractivity contribution in [2.24, 2.45) is 17.3 Å². The van der Waals surface area contributed by atoms with Gasteiger partial charge in [-0.1, -0.05) is 44.4 Å². The molecular formula is C18H26O2. The van der Waals surface area contributed by atoms with Crippen molar-refractivity contribution >= 4 is 5.97 Å². The largest absolute Gasteiger partial charge is 0.444 e. The van der Waals surface area contributed by atoms with E-state index in [-0.39, 0.29) is 23.2 Å². The number of hydrogen-bond donors (Lipinski definition) is 0. The molecule has 110 valence electrons. The van der Waals surface area contributed by atoms with Crippen molar-refractivity contribution in [3.8, 4) is 12.3 Å². The fourth-order valence-electron chi connectivity index (χ4n) is 2.67. The van der Waals surface area contributed by atoms with Gasteiger partial charge in [-0.2, -0.15) is 0 Å². The van der Waals surface area contributed by atoms with Crippen molar-refractivity contribution in [3.63, 3.8) is 0 Å². The van der Waals surface area contributed by atoms with Gasteiger partial charge in [0.25, 0.3) is 0 Å². The molecule has 1 rings (SSSR count). The van der Waals surface area contributed by atoms with Crippen LogP contribution in [0.1, 0.15) is 48.0 Å². The summed E-state index contributed by atoms with van der Waals surface area (Å²) < 4.78 is 5.51. The summed E-state index contributed by atoms with van der Waals surface area (Å²) in [7, 11) is 0. The van der Waals surface area contributed by atoms with Gasteiger partial charge >= 0.3 is 5.97 Å². The summed E-state index contributed by atoms with van der Waals surface area (Å²) in [5.74, 6) is 2.56. The number of rotatable bonds is 5. The Hall–Kier alpha value is -1.49. The minimum absolute atomic E-state index is 0.0319. The minimum Gasteiger partial charge on any atom is -0.444 e. The standard InChI is InChI=1S/C18H26O2/c1-8-10-13(5)15(9-2)20-17(19)16-14(11-12(3)4)18(16,6)7/h2,10-11,14-16H,8H2,1,3-7H3/b13-10+/t14-,15+,16+/m0/s1. The molecule has 0 aromatic carbocycles. The fraction of sp³-hybridized carbons (Fsp3) is 0.611. The van der Waals surface area contributed by atoms with Crippen molar-refractivity contribution in [1.82, 2.24) is 0 Å². The average molecular weight is 274 g/mol. The summed E-state index contributed by atoms with van der Waals surface area (Å²) in [6, 6.07) is 0. The highest BCUT2D eigenvalue weighted by molar-refractivity contribution is 5.79. The predicted octanol–water partition coefficient (Wildman–Crippen LogP) is 4.13. The van der Waals surface area contributed by atoms with Crippen molar-refractivity contribution in [2.75, 3.05) is 0 Å². The molecule has 0 saturated heterocycles. The predicted molar refractivity (Wildman–Crippen MR) is 83.0 cm³/mol. The van der Waals surface area contributed by atoms with E-state index in [0.717, 1.165) is 12.0 Å². The molecule has 1 aliphatic carbocycles. The van der Waals surface area contributed by atoms with E-state index in [1.807, 2.05) is 19.9 Å². The first kappa shape index (κ1) is 16.6. The Bertz CT molecular complexity index is 470. The highest BCUT2D eigenvalue weighted by atomic mass is 16.5. The van der Waals surface area contributed by atoms with Crippen LogP contribution in [0, 0.1) is 29.6 Å². The molecule has 0 radical (unpaired) electrons. The molecule has 0 N–H and O–H groups in total. The van der Waals surface area contributed by atoms with Gasteiger partial charge in [-0.05, 0) is 44.1 Å². The van der Waals surface area contributed by atoms with E-state index >= 15 is 0 Å². The summed E-state index contributed by atoms with van der Waals surface area (Å²) in [5.41, 5.74) is 2.13. The topological polar surface area (TPSA) is 26.3 Å². The third kappa shape index (κ3) is 3.54. The second-order valence-corrected chi connectivity index (χ2v) is 6.41. The fourth-order valence-corrected chi connectivity index (χ4v) is 2.67. The summed E-state index contributed by atoms with van der Waals surface area (Å²) >= 11 is 0. The van der Waals surface area contributed by atoms with Crippen molar-refractivity contribution in [3.05, 3.63) is 23.3 Å². The molecule has 0 amide bonds. The number of allylic oxidation sites excluding steroid dienone is 3. The maximum Gasteiger partial charge on any atom is 0.311 e. The number of ether oxygens (including phenoxy) is 1. The number of terminal acetylenes is 1. The van der Waals surface area contributed by atoms with Crippen LogP contribution in [0.15, 0.2) is 23.3 Å². The molecule has 0 bridgehead atoms. The van der Waals surface area contributed by atoms with E-state index in [1.54, 1.807) is 0 Å². The molecule has 2 heteroatoms. The Morgan fingerprint density at radius 3 is 2.45 bits per heavy atom. The summed E-state index contributed by atoms with van der Waals surface area (Å²) in [4.78, 5) is 12.3. The van der Waals surface area contributed by atoms with Gasteiger partial charge in [0.05, 0.1) is 5.92 Å². The summed E-state index contributed by atoms with van der Waals surface area (Å²) in [5, 5.41) is 0. The Morgan fingerprint density at radius 2 is 2.00 bits per heavy atom. The minimum atomic E-state index is -0.536. The zero-order valence-electron chi connectivity index (χ0n) is 13.5. The highest BCUT2D eigenvalue weighted by Gasteiger charge is 2.61. The quantitative estimate of drug-likeness (QED) is 0.428. The monoisotopic (exact) mass is 274 g/mol. The maximum absolute atomic E-state index is 12.3. The van der Waals surface area contributed by atoms with Crippen molar-refractivity contribution in [2.45, 2.75) is 54.1 Å². The lowest BCUT2D eigenvalue weighted by atomic mass is 10.1. The van der Waals surface area contributed by atoms with Gasteiger partial charge in [-0.3, -0.25) is 4.79 Å². The van der Waals surface area contributed by atoms with Crippen LogP contribution in [0.4, 0.5) is 0 Å². The van der Waals surface area contributed by atoms with Gasteiger partial charge in [0, 0.05) is 0 Å². The van der Waals surface area contributed by atoms with E-state index < -0.39 is 6.10 Å².